The van der Waals surface area contributed by atoms with Crippen molar-refractivity contribution in [2.45, 2.75) is 26.3 Å². The zero-order valence-corrected chi connectivity index (χ0v) is 13.9. The topological polar surface area (TPSA) is 76.8 Å². The van der Waals surface area contributed by atoms with Crippen molar-refractivity contribution < 1.29 is 4.79 Å². The maximum atomic E-state index is 12.7. The van der Waals surface area contributed by atoms with Crippen molar-refractivity contribution in [1.29, 1.82) is 0 Å². The van der Waals surface area contributed by atoms with Crippen molar-refractivity contribution in [3.05, 3.63) is 30.4 Å². The van der Waals surface area contributed by atoms with Gasteiger partial charge < -0.3 is 9.88 Å². The third kappa shape index (κ3) is 3.44. The SMILES string of the molecule is CC(C)Cn1ccnc1NC(=O)[C@H]1CNC[C@@H]1c1cnn(C)c1. The van der Waals surface area contributed by atoms with Crippen molar-refractivity contribution in [2.24, 2.45) is 18.9 Å². The first-order valence-corrected chi connectivity index (χ1v) is 8.06. The number of rotatable bonds is 5. The number of carbonyl (C=O) groups excluding carboxylic acids is 1. The molecule has 0 bridgehead atoms. The number of aryl methyl sites for hydroxylation is 1. The summed E-state index contributed by atoms with van der Waals surface area (Å²) in [5, 5.41) is 10.5. The minimum absolute atomic E-state index is 0.0139. The van der Waals surface area contributed by atoms with E-state index < -0.39 is 0 Å². The zero-order valence-electron chi connectivity index (χ0n) is 13.9. The van der Waals surface area contributed by atoms with Crippen LogP contribution in [0.1, 0.15) is 25.3 Å². The largest absolute Gasteiger partial charge is 0.317 e. The molecule has 23 heavy (non-hydrogen) atoms. The number of nitrogens with zero attached hydrogens (tertiary/aromatic N) is 4. The highest BCUT2D eigenvalue weighted by Crippen LogP contribution is 2.28. The molecule has 3 rings (SSSR count). The maximum absolute atomic E-state index is 12.7. The number of hydrogen-bond donors (Lipinski definition) is 2. The number of hydrogen-bond acceptors (Lipinski definition) is 4. The Morgan fingerprint density at radius 2 is 2.30 bits per heavy atom. The van der Waals surface area contributed by atoms with Gasteiger partial charge in [-0.25, -0.2) is 4.98 Å². The van der Waals surface area contributed by atoms with Gasteiger partial charge in [-0.1, -0.05) is 13.8 Å². The van der Waals surface area contributed by atoms with Crippen LogP contribution in [0.2, 0.25) is 0 Å². The Morgan fingerprint density at radius 1 is 1.48 bits per heavy atom. The lowest BCUT2D eigenvalue weighted by Crippen LogP contribution is -2.29. The summed E-state index contributed by atoms with van der Waals surface area (Å²) in [6.07, 6.45) is 7.46. The molecule has 3 heterocycles. The third-order valence-corrected chi connectivity index (χ3v) is 4.22. The van der Waals surface area contributed by atoms with Gasteiger partial charge in [0.1, 0.15) is 0 Å². The van der Waals surface area contributed by atoms with Crippen molar-refractivity contribution in [1.82, 2.24) is 24.6 Å². The fourth-order valence-electron chi connectivity index (χ4n) is 3.11. The van der Waals surface area contributed by atoms with Gasteiger partial charge >= 0.3 is 0 Å². The fourth-order valence-corrected chi connectivity index (χ4v) is 3.11. The summed E-state index contributed by atoms with van der Waals surface area (Å²) >= 11 is 0. The molecule has 7 heteroatoms. The number of nitrogens with one attached hydrogen (secondary N) is 2. The van der Waals surface area contributed by atoms with Gasteiger partial charge in [0, 0.05) is 51.2 Å². The highest BCUT2D eigenvalue weighted by atomic mass is 16.2. The number of amides is 1. The molecule has 2 N–H and O–H groups in total. The van der Waals surface area contributed by atoms with E-state index in [1.807, 2.05) is 30.2 Å². The van der Waals surface area contributed by atoms with Gasteiger partial charge in [0.25, 0.3) is 0 Å². The standard InChI is InChI=1S/C16H24N6O/c1-11(2)9-22-5-4-18-16(22)20-15(23)14-8-17-7-13(14)12-6-19-21(3)10-12/h4-6,10-11,13-14,17H,7-9H2,1-3H3,(H,18,20,23)/t13-,14+/m1/s1. The van der Waals surface area contributed by atoms with Crippen LogP contribution in [-0.2, 0) is 18.4 Å². The zero-order chi connectivity index (χ0) is 16.4. The summed E-state index contributed by atoms with van der Waals surface area (Å²) in [5.74, 6) is 1.18. The minimum Gasteiger partial charge on any atom is -0.317 e. The van der Waals surface area contributed by atoms with Crippen LogP contribution >= 0.6 is 0 Å². The lowest BCUT2D eigenvalue weighted by atomic mass is 9.90. The Hall–Kier alpha value is -2.15. The van der Waals surface area contributed by atoms with Gasteiger partial charge in [0.15, 0.2) is 0 Å². The number of imidazole rings is 1. The lowest BCUT2D eigenvalue weighted by molar-refractivity contribution is -0.119. The molecule has 2 aromatic rings. The first kappa shape index (κ1) is 15.7. The molecule has 1 aliphatic rings. The Bertz CT molecular complexity index is 674. The van der Waals surface area contributed by atoms with E-state index >= 15 is 0 Å². The van der Waals surface area contributed by atoms with E-state index in [1.54, 1.807) is 10.9 Å². The molecule has 0 aromatic carbocycles. The second kappa shape index (κ2) is 6.54. The maximum Gasteiger partial charge on any atom is 0.231 e. The van der Waals surface area contributed by atoms with Crippen LogP contribution in [0.15, 0.2) is 24.8 Å². The molecule has 0 aliphatic carbocycles. The van der Waals surface area contributed by atoms with E-state index in [0.29, 0.717) is 18.4 Å². The van der Waals surface area contributed by atoms with Crippen LogP contribution in [0.4, 0.5) is 5.95 Å². The predicted molar refractivity (Wildman–Crippen MR) is 88.0 cm³/mol. The van der Waals surface area contributed by atoms with Gasteiger partial charge in [-0.2, -0.15) is 5.10 Å². The monoisotopic (exact) mass is 316 g/mol. The highest BCUT2D eigenvalue weighted by Gasteiger charge is 2.35. The molecule has 1 saturated heterocycles. The summed E-state index contributed by atoms with van der Waals surface area (Å²) in [6, 6.07) is 0. The molecular weight excluding hydrogens is 292 g/mol. The van der Waals surface area contributed by atoms with Crippen LogP contribution in [-0.4, -0.2) is 38.3 Å². The first-order valence-electron chi connectivity index (χ1n) is 8.06. The first-order chi connectivity index (χ1) is 11.0. The average Bonchev–Trinajstić information content (AvgIpc) is 3.19. The second-order valence-corrected chi connectivity index (χ2v) is 6.60. The van der Waals surface area contributed by atoms with E-state index in [2.05, 4.69) is 34.6 Å². The van der Waals surface area contributed by atoms with Gasteiger partial charge in [0.2, 0.25) is 11.9 Å². The molecule has 1 amide bonds. The van der Waals surface area contributed by atoms with E-state index in [4.69, 9.17) is 0 Å². The lowest BCUT2D eigenvalue weighted by Gasteiger charge is -2.17. The molecule has 0 saturated carbocycles. The Labute approximate surface area is 136 Å². The Kier molecular flexibility index (Phi) is 4.47. The van der Waals surface area contributed by atoms with Crippen LogP contribution in [0.5, 0.6) is 0 Å². The van der Waals surface area contributed by atoms with Crippen molar-refractivity contribution in [3.63, 3.8) is 0 Å². The average molecular weight is 316 g/mol. The van der Waals surface area contributed by atoms with E-state index in [9.17, 15) is 4.79 Å². The summed E-state index contributed by atoms with van der Waals surface area (Å²) in [5.41, 5.74) is 1.10. The third-order valence-electron chi connectivity index (χ3n) is 4.22. The van der Waals surface area contributed by atoms with Crippen LogP contribution in [0.25, 0.3) is 0 Å². The number of aromatic nitrogens is 4. The molecule has 2 aromatic heterocycles. The van der Waals surface area contributed by atoms with Gasteiger partial charge in [0.05, 0.1) is 12.1 Å². The summed E-state index contributed by atoms with van der Waals surface area (Å²) in [6.45, 7) is 6.60. The van der Waals surface area contributed by atoms with Crippen LogP contribution < -0.4 is 10.6 Å². The molecule has 0 spiro atoms. The normalized spacial score (nSPS) is 21.0. The van der Waals surface area contributed by atoms with Gasteiger partial charge in [-0.15, -0.1) is 0 Å². The number of carbonyl (C=O) groups is 1. The predicted octanol–water partition coefficient (Wildman–Crippen LogP) is 1.21. The molecular formula is C16H24N6O. The molecule has 2 atom stereocenters. The van der Waals surface area contributed by atoms with Crippen LogP contribution in [0, 0.1) is 11.8 Å². The van der Waals surface area contributed by atoms with Gasteiger partial charge in [-0.3, -0.25) is 14.8 Å². The molecule has 0 unspecified atom stereocenters. The van der Waals surface area contributed by atoms with Crippen molar-refractivity contribution >= 4 is 11.9 Å². The van der Waals surface area contributed by atoms with Crippen molar-refractivity contribution in [3.8, 4) is 0 Å². The van der Waals surface area contributed by atoms with E-state index in [-0.39, 0.29) is 17.7 Å². The molecule has 1 fully saturated rings. The van der Waals surface area contributed by atoms with E-state index in [0.717, 1.165) is 18.7 Å². The summed E-state index contributed by atoms with van der Waals surface area (Å²) < 4.78 is 3.77. The summed E-state index contributed by atoms with van der Waals surface area (Å²) in [7, 11) is 1.89. The Balaban J connectivity index is 1.71. The Morgan fingerprint density at radius 3 is 3.00 bits per heavy atom. The molecule has 7 nitrogen and oxygen atoms in total. The smallest absolute Gasteiger partial charge is 0.231 e. The highest BCUT2D eigenvalue weighted by molar-refractivity contribution is 5.92. The molecule has 0 radical (unpaired) electrons. The fraction of sp³-hybridized carbons (Fsp3) is 0.562. The molecule has 124 valence electrons. The summed E-state index contributed by atoms with van der Waals surface area (Å²) in [4.78, 5) is 17.0. The minimum atomic E-state index is -0.108. The van der Waals surface area contributed by atoms with Crippen LogP contribution in [0.3, 0.4) is 0 Å². The van der Waals surface area contributed by atoms with Gasteiger partial charge in [-0.05, 0) is 11.5 Å². The molecule has 1 aliphatic heterocycles. The second-order valence-electron chi connectivity index (χ2n) is 6.60. The van der Waals surface area contributed by atoms with E-state index in [1.165, 1.54) is 0 Å². The quantitative estimate of drug-likeness (QED) is 0.869. The number of anilines is 1. The van der Waals surface area contributed by atoms with Crippen molar-refractivity contribution in [2.75, 3.05) is 18.4 Å².